The summed E-state index contributed by atoms with van der Waals surface area (Å²) in [6.45, 7) is 1.39. The molecule has 9 N–H and O–H groups in total. The van der Waals surface area contributed by atoms with Crippen LogP contribution in [-0.4, -0.2) is 81.0 Å². The molecule has 0 aromatic heterocycles. The predicted octanol–water partition coefficient (Wildman–Crippen LogP) is -0.421. The number of nitrogens with one attached hydrogen (secondary N) is 1. The topological polar surface area (TPSA) is 217 Å². The normalized spacial score (nSPS) is 29.6. The molecule has 0 heterocycles. The van der Waals surface area contributed by atoms with E-state index in [-0.39, 0.29) is 29.8 Å². The highest BCUT2D eigenvalue weighted by atomic mass is 16.3. The molecule has 0 aliphatic heterocycles. The number of carbonyl (C=O) groups is 4. The number of carbonyl (C=O) groups excluding carboxylic acids is 4. The van der Waals surface area contributed by atoms with Gasteiger partial charge in [0.1, 0.15) is 17.1 Å². The molecule has 4 rings (SSSR count). The molecule has 0 radical (unpaired) electrons. The first kappa shape index (κ1) is 25.4. The number of rotatable bonds is 4. The first-order valence-corrected chi connectivity index (χ1v) is 11.3. The molecule has 1 aromatic rings. The zero-order chi connectivity index (χ0) is 26.9. The van der Waals surface area contributed by atoms with Gasteiger partial charge in [-0.2, -0.15) is 0 Å². The number of aliphatic hydroxyl groups is 3. The second kappa shape index (κ2) is 8.43. The number of allylic oxidation sites excluding steroid dienone is 1. The minimum atomic E-state index is -2.72. The summed E-state index contributed by atoms with van der Waals surface area (Å²) < 4.78 is 0. The lowest BCUT2D eigenvalue weighted by Gasteiger charge is -2.51. The van der Waals surface area contributed by atoms with Crippen LogP contribution in [0.1, 0.15) is 35.2 Å². The Morgan fingerprint density at radius 3 is 2.39 bits per heavy atom. The van der Waals surface area contributed by atoms with Crippen molar-refractivity contribution in [3.05, 3.63) is 45.9 Å². The zero-order valence-corrected chi connectivity index (χ0v) is 19.9. The van der Waals surface area contributed by atoms with Crippen molar-refractivity contribution in [2.45, 2.75) is 30.9 Å². The number of ketones is 2. The minimum absolute atomic E-state index is 0.0145. The number of phenols is 1. The Labute approximate surface area is 205 Å². The van der Waals surface area contributed by atoms with E-state index < -0.39 is 75.6 Å². The number of aromatic hydroxyl groups is 1. The van der Waals surface area contributed by atoms with Gasteiger partial charge < -0.3 is 37.2 Å². The summed E-state index contributed by atoms with van der Waals surface area (Å²) in [6, 6.07) is 1.93. The second-order valence-corrected chi connectivity index (χ2v) is 9.64. The molecule has 2 amide bonds. The van der Waals surface area contributed by atoms with Crippen LogP contribution in [0.5, 0.6) is 5.75 Å². The summed E-state index contributed by atoms with van der Waals surface area (Å²) in [5, 5.41) is 46.9. The number of anilines is 1. The van der Waals surface area contributed by atoms with Crippen LogP contribution >= 0.6 is 0 Å². The van der Waals surface area contributed by atoms with Crippen molar-refractivity contribution in [3.8, 4) is 5.75 Å². The number of likely N-dealkylation sites (N-methyl/N-ethyl adjacent to an activating group) is 1. The van der Waals surface area contributed by atoms with E-state index in [0.717, 1.165) is 0 Å². The number of amides is 2. The molecule has 5 atom stereocenters. The van der Waals surface area contributed by atoms with Gasteiger partial charge in [0.15, 0.2) is 17.1 Å². The molecule has 192 valence electrons. The SMILES string of the molecule is C[C@H]1c2ccc(NC(=O)CN)c(O)c2C(=O)C2=C(O)[C@]3(O)C(=O)C(C(N)=O)=C(O)[C@@H](N(C)C)[C@@H]3CC21. The van der Waals surface area contributed by atoms with Gasteiger partial charge in [0.25, 0.3) is 5.91 Å². The fourth-order valence-electron chi connectivity index (χ4n) is 5.85. The third-order valence-corrected chi connectivity index (χ3v) is 7.56. The minimum Gasteiger partial charge on any atom is -0.510 e. The second-order valence-electron chi connectivity index (χ2n) is 9.64. The summed E-state index contributed by atoms with van der Waals surface area (Å²) in [7, 11) is 3.12. The monoisotopic (exact) mass is 500 g/mol. The van der Waals surface area contributed by atoms with Crippen LogP contribution in [0.15, 0.2) is 34.8 Å². The van der Waals surface area contributed by atoms with E-state index in [0.29, 0.717) is 5.56 Å². The summed E-state index contributed by atoms with van der Waals surface area (Å²) in [5.41, 5.74) is 6.94. The van der Waals surface area contributed by atoms with Gasteiger partial charge in [-0.1, -0.05) is 13.0 Å². The van der Waals surface area contributed by atoms with Crippen LogP contribution in [0, 0.1) is 11.8 Å². The molecule has 3 aliphatic carbocycles. The Kier molecular flexibility index (Phi) is 5.94. The number of phenolic OH excluding ortho intramolecular Hbond substituents is 1. The fourth-order valence-corrected chi connectivity index (χ4v) is 5.85. The third kappa shape index (κ3) is 3.25. The van der Waals surface area contributed by atoms with Crippen LogP contribution < -0.4 is 16.8 Å². The largest absolute Gasteiger partial charge is 0.510 e. The van der Waals surface area contributed by atoms with E-state index in [4.69, 9.17) is 11.5 Å². The van der Waals surface area contributed by atoms with E-state index in [1.54, 1.807) is 27.1 Å². The van der Waals surface area contributed by atoms with Crippen molar-refractivity contribution in [2.24, 2.45) is 23.3 Å². The molecule has 0 bridgehead atoms. The third-order valence-electron chi connectivity index (χ3n) is 7.56. The number of hydrogen-bond acceptors (Lipinski definition) is 10. The Bertz CT molecular complexity index is 1280. The van der Waals surface area contributed by atoms with Gasteiger partial charge >= 0.3 is 0 Å². The molecular formula is C24H28N4O8. The molecule has 1 unspecified atom stereocenters. The van der Waals surface area contributed by atoms with E-state index in [9.17, 15) is 39.6 Å². The number of primary amides is 1. The quantitative estimate of drug-likeness (QED) is 0.209. The van der Waals surface area contributed by atoms with Gasteiger partial charge in [-0.25, -0.2) is 0 Å². The first-order chi connectivity index (χ1) is 16.8. The summed E-state index contributed by atoms with van der Waals surface area (Å²) >= 11 is 0. The lowest BCUT2D eigenvalue weighted by molar-refractivity contribution is -0.148. The average Bonchev–Trinajstić information content (AvgIpc) is 2.80. The number of nitrogens with two attached hydrogens (primary N) is 2. The molecule has 0 fully saturated rings. The molecule has 12 heteroatoms. The van der Waals surface area contributed by atoms with Gasteiger partial charge in [0, 0.05) is 11.5 Å². The van der Waals surface area contributed by atoms with Gasteiger partial charge in [-0.15, -0.1) is 0 Å². The number of aliphatic hydroxyl groups excluding tert-OH is 2. The zero-order valence-electron chi connectivity index (χ0n) is 19.9. The highest BCUT2D eigenvalue weighted by Crippen LogP contribution is 2.55. The Morgan fingerprint density at radius 2 is 1.83 bits per heavy atom. The maximum Gasteiger partial charge on any atom is 0.255 e. The number of hydrogen-bond donors (Lipinski definition) is 7. The van der Waals surface area contributed by atoms with Gasteiger partial charge in [-0.05, 0) is 44.0 Å². The molecule has 0 saturated heterocycles. The number of Topliss-reactive ketones (excluding diaryl/α,β-unsaturated/α-hetero) is 2. The standard InChI is InChI=1S/C24H28N4O8/c1-8-9-4-5-12(27-13(29)7-25)18(30)14(9)19(31)15-10(8)6-11-17(28(2)3)20(32)16(23(26)35)22(34)24(11,36)21(15)33/h4-5,8,10-11,17,30,32-33,36H,6-7,25H2,1-3H3,(H2,26,35)(H,27,29)/t8-,10?,11-,17-,24-/m0/s1. The molecule has 0 saturated carbocycles. The fraction of sp³-hybridized carbons (Fsp3) is 0.417. The molecule has 1 aromatic carbocycles. The van der Waals surface area contributed by atoms with E-state index >= 15 is 0 Å². The van der Waals surface area contributed by atoms with Crippen molar-refractivity contribution in [1.29, 1.82) is 0 Å². The lowest BCUT2D eigenvalue weighted by atomic mass is 9.56. The van der Waals surface area contributed by atoms with Crippen LogP contribution in [0.2, 0.25) is 0 Å². The lowest BCUT2D eigenvalue weighted by Crippen LogP contribution is -2.64. The van der Waals surface area contributed by atoms with Crippen molar-refractivity contribution >= 4 is 29.1 Å². The molecule has 0 spiro atoms. The highest BCUT2D eigenvalue weighted by Gasteiger charge is 2.63. The average molecular weight is 501 g/mol. The van der Waals surface area contributed by atoms with Gasteiger partial charge in [0.05, 0.1) is 23.8 Å². The maximum absolute atomic E-state index is 13.7. The van der Waals surface area contributed by atoms with Crippen LogP contribution in [0.4, 0.5) is 5.69 Å². The molecule has 36 heavy (non-hydrogen) atoms. The van der Waals surface area contributed by atoms with Crippen molar-refractivity contribution in [3.63, 3.8) is 0 Å². The Balaban J connectivity index is 1.95. The van der Waals surface area contributed by atoms with E-state index in [2.05, 4.69) is 5.32 Å². The van der Waals surface area contributed by atoms with Crippen LogP contribution in [-0.2, 0) is 14.4 Å². The number of benzene rings is 1. The van der Waals surface area contributed by atoms with Crippen molar-refractivity contribution in [1.82, 2.24) is 4.90 Å². The first-order valence-electron chi connectivity index (χ1n) is 11.3. The summed E-state index contributed by atoms with van der Waals surface area (Å²) in [6.07, 6.45) is -0.0145. The molecular weight excluding hydrogens is 472 g/mol. The number of nitrogens with zero attached hydrogens (tertiary/aromatic N) is 1. The maximum atomic E-state index is 13.7. The number of fused-ring (bicyclic) bond motifs is 3. The highest BCUT2D eigenvalue weighted by molar-refractivity contribution is 6.25. The van der Waals surface area contributed by atoms with Crippen LogP contribution in [0.3, 0.4) is 0 Å². The Morgan fingerprint density at radius 1 is 1.19 bits per heavy atom. The molecule has 12 nitrogen and oxygen atoms in total. The van der Waals surface area contributed by atoms with Crippen LogP contribution in [0.25, 0.3) is 0 Å². The van der Waals surface area contributed by atoms with Crippen molar-refractivity contribution in [2.75, 3.05) is 26.0 Å². The van der Waals surface area contributed by atoms with E-state index in [1.165, 1.54) is 11.0 Å². The smallest absolute Gasteiger partial charge is 0.255 e. The van der Waals surface area contributed by atoms with Gasteiger partial charge in [-0.3, -0.25) is 24.1 Å². The summed E-state index contributed by atoms with van der Waals surface area (Å²) in [4.78, 5) is 52.2. The van der Waals surface area contributed by atoms with E-state index in [1.807, 2.05) is 0 Å². The van der Waals surface area contributed by atoms with Gasteiger partial charge in [0.2, 0.25) is 11.7 Å². The molecule has 3 aliphatic rings. The Hall–Kier alpha value is -3.74. The summed E-state index contributed by atoms with van der Waals surface area (Å²) in [5.74, 6) is -8.45. The van der Waals surface area contributed by atoms with Crippen molar-refractivity contribution < 1.29 is 39.6 Å². The predicted molar refractivity (Wildman–Crippen MR) is 126 cm³/mol.